The lowest BCUT2D eigenvalue weighted by molar-refractivity contribution is -0.129. The van der Waals surface area contributed by atoms with Gasteiger partial charge in [-0.25, -0.2) is 18.4 Å². The van der Waals surface area contributed by atoms with Crippen molar-refractivity contribution in [2.45, 2.75) is 37.6 Å². The van der Waals surface area contributed by atoms with Gasteiger partial charge in [0.05, 0.1) is 10.6 Å². The first-order chi connectivity index (χ1) is 15.2. The zero-order valence-corrected chi connectivity index (χ0v) is 21.0. The van der Waals surface area contributed by atoms with Crippen molar-refractivity contribution in [1.82, 2.24) is 19.2 Å². The molecule has 1 aliphatic rings. The van der Waals surface area contributed by atoms with Gasteiger partial charge >= 0.3 is 0 Å². The Morgan fingerprint density at radius 2 is 1.81 bits per heavy atom. The van der Waals surface area contributed by atoms with E-state index in [1.807, 2.05) is 26.0 Å². The second-order valence-corrected chi connectivity index (χ2v) is 12.1. The van der Waals surface area contributed by atoms with Crippen LogP contribution in [0.2, 0.25) is 0 Å². The summed E-state index contributed by atoms with van der Waals surface area (Å²) in [5.41, 5.74) is 2.81. The van der Waals surface area contributed by atoms with E-state index in [1.165, 1.54) is 20.9 Å². The summed E-state index contributed by atoms with van der Waals surface area (Å²) in [7, 11) is -3.57. The molecule has 0 radical (unpaired) electrons. The lowest BCUT2D eigenvalue weighted by Crippen LogP contribution is -2.51. The molecule has 1 aromatic carbocycles. The number of carbonyl (C=O) groups is 1. The molecule has 3 heterocycles. The van der Waals surface area contributed by atoms with Crippen molar-refractivity contribution in [3.63, 3.8) is 0 Å². The van der Waals surface area contributed by atoms with Crippen LogP contribution in [-0.4, -0.2) is 65.4 Å². The van der Waals surface area contributed by atoms with Crippen LogP contribution in [0.5, 0.6) is 0 Å². The molecule has 3 aromatic rings. The van der Waals surface area contributed by atoms with Crippen LogP contribution in [0.15, 0.2) is 34.4 Å². The third-order valence-electron chi connectivity index (χ3n) is 5.82. The van der Waals surface area contributed by atoms with Crippen molar-refractivity contribution in [2.24, 2.45) is 0 Å². The Kier molecular flexibility index (Phi) is 6.58. The van der Waals surface area contributed by atoms with Crippen LogP contribution in [0.3, 0.4) is 0 Å². The van der Waals surface area contributed by atoms with Crippen molar-refractivity contribution in [1.29, 1.82) is 0 Å². The van der Waals surface area contributed by atoms with Gasteiger partial charge in [-0.2, -0.15) is 4.31 Å². The summed E-state index contributed by atoms with van der Waals surface area (Å²) in [5.74, 6) is 0.264. The minimum Gasteiger partial charge on any atom is -0.339 e. The highest BCUT2D eigenvalue weighted by molar-refractivity contribution is 8.00. The highest BCUT2D eigenvalue weighted by Crippen LogP contribution is 2.34. The van der Waals surface area contributed by atoms with Gasteiger partial charge in [0, 0.05) is 36.4 Å². The first kappa shape index (κ1) is 23.2. The average Bonchev–Trinajstić information content (AvgIpc) is 3.07. The maximum Gasteiger partial charge on any atom is 0.243 e. The van der Waals surface area contributed by atoms with Crippen molar-refractivity contribution >= 4 is 49.2 Å². The number of hydrogen-bond donors (Lipinski definition) is 0. The summed E-state index contributed by atoms with van der Waals surface area (Å²) >= 11 is 3.05. The van der Waals surface area contributed by atoms with Gasteiger partial charge in [-0.1, -0.05) is 23.9 Å². The van der Waals surface area contributed by atoms with Crippen LogP contribution in [0, 0.1) is 27.7 Å². The molecule has 0 aliphatic carbocycles. The maximum absolute atomic E-state index is 13.1. The fourth-order valence-corrected chi connectivity index (χ4v) is 7.54. The van der Waals surface area contributed by atoms with E-state index in [2.05, 4.69) is 23.8 Å². The summed E-state index contributed by atoms with van der Waals surface area (Å²) in [6, 6.07) is 5.46. The number of sulfonamides is 1. The molecule has 7 nitrogen and oxygen atoms in total. The van der Waals surface area contributed by atoms with E-state index in [1.54, 1.807) is 28.6 Å². The van der Waals surface area contributed by atoms with Crippen LogP contribution in [0.4, 0.5) is 0 Å². The summed E-state index contributed by atoms with van der Waals surface area (Å²) < 4.78 is 27.7. The molecule has 170 valence electrons. The molecule has 0 bridgehead atoms. The molecule has 2 aromatic heterocycles. The number of nitrogens with zero attached hydrogens (tertiary/aromatic N) is 4. The second-order valence-electron chi connectivity index (χ2n) is 7.98. The van der Waals surface area contributed by atoms with Gasteiger partial charge in [0.2, 0.25) is 15.9 Å². The summed E-state index contributed by atoms with van der Waals surface area (Å²) in [6.45, 7) is 9.19. The van der Waals surface area contributed by atoms with Gasteiger partial charge in [-0.15, -0.1) is 11.3 Å². The largest absolute Gasteiger partial charge is 0.339 e. The Balaban J connectivity index is 1.40. The molecule has 1 saturated heterocycles. The summed E-state index contributed by atoms with van der Waals surface area (Å²) in [5, 5.41) is 1.85. The van der Waals surface area contributed by atoms with Gasteiger partial charge in [-0.05, 0) is 50.5 Å². The number of carbonyl (C=O) groups excluding carboxylic acids is 1. The molecule has 32 heavy (non-hydrogen) atoms. The number of thiophene rings is 1. The molecule has 0 saturated carbocycles. The van der Waals surface area contributed by atoms with Gasteiger partial charge in [0.1, 0.15) is 16.2 Å². The van der Waals surface area contributed by atoms with Crippen molar-refractivity contribution in [3.8, 4) is 0 Å². The number of benzene rings is 1. The number of piperazine rings is 1. The molecule has 4 rings (SSSR count). The number of aryl methyl sites for hydroxylation is 4. The zero-order valence-electron chi connectivity index (χ0n) is 18.6. The quantitative estimate of drug-likeness (QED) is 0.402. The van der Waals surface area contributed by atoms with E-state index in [4.69, 9.17) is 0 Å². The third kappa shape index (κ3) is 4.41. The topological polar surface area (TPSA) is 83.5 Å². The minimum absolute atomic E-state index is 0.00449. The Morgan fingerprint density at radius 3 is 2.53 bits per heavy atom. The molecular formula is C22H26N4O3S3. The smallest absolute Gasteiger partial charge is 0.243 e. The number of rotatable bonds is 5. The molecule has 1 amide bonds. The summed E-state index contributed by atoms with van der Waals surface area (Å²) in [6.07, 6.45) is 1.54. The van der Waals surface area contributed by atoms with Gasteiger partial charge in [-0.3, -0.25) is 4.79 Å². The Hall–Kier alpha value is -2.01. The first-order valence-corrected chi connectivity index (χ1v) is 13.6. The van der Waals surface area contributed by atoms with Crippen molar-refractivity contribution in [3.05, 3.63) is 46.1 Å². The predicted octanol–water partition coefficient (Wildman–Crippen LogP) is 3.55. The van der Waals surface area contributed by atoms with Gasteiger partial charge in [0.25, 0.3) is 0 Å². The minimum atomic E-state index is -3.57. The van der Waals surface area contributed by atoms with E-state index in [0.717, 1.165) is 31.9 Å². The van der Waals surface area contributed by atoms with Gasteiger partial charge < -0.3 is 4.90 Å². The normalized spacial score (nSPS) is 15.4. The number of amides is 1. The molecule has 1 fully saturated rings. The molecule has 0 atom stereocenters. The van der Waals surface area contributed by atoms with Crippen LogP contribution >= 0.6 is 23.1 Å². The lowest BCUT2D eigenvalue weighted by Gasteiger charge is -2.34. The van der Waals surface area contributed by atoms with E-state index in [0.29, 0.717) is 31.1 Å². The monoisotopic (exact) mass is 490 g/mol. The molecule has 0 N–H and O–H groups in total. The predicted molar refractivity (Wildman–Crippen MR) is 129 cm³/mol. The first-order valence-electron chi connectivity index (χ1n) is 10.4. The number of fused-ring (bicyclic) bond motifs is 1. The Morgan fingerprint density at radius 1 is 1.09 bits per heavy atom. The van der Waals surface area contributed by atoms with E-state index < -0.39 is 10.0 Å². The standard InChI is InChI=1S/C22H26N4O3S3/c1-14-5-6-15(2)18(11-14)32(28,29)26-9-7-25(8-10-26)19(27)12-30-21-20-16(3)17(4)31-22(20)24-13-23-21/h5-6,11,13H,7-10,12H2,1-4H3. The molecule has 0 spiro atoms. The zero-order chi connectivity index (χ0) is 23.0. The van der Waals surface area contributed by atoms with Crippen LogP contribution in [-0.2, 0) is 14.8 Å². The second kappa shape index (κ2) is 9.09. The van der Waals surface area contributed by atoms with E-state index in [9.17, 15) is 13.2 Å². The third-order valence-corrected chi connectivity index (χ3v) is 9.95. The van der Waals surface area contributed by atoms with Crippen LogP contribution < -0.4 is 0 Å². The number of thioether (sulfide) groups is 1. The lowest BCUT2D eigenvalue weighted by atomic mass is 10.2. The number of hydrogen-bond acceptors (Lipinski definition) is 7. The number of aromatic nitrogens is 2. The highest BCUT2D eigenvalue weighted by Gasteiger charge is 2.31. The maximum atomic E-state index is 13.1. The SMILES string of the molecule is Cc1ccc(C)c(S(=O)(=O)N2CCN(C(=O)CSc3ncnc4sc(C)c(C)c34)CC2)c1. The Labute approximate surface area is 196 Å². The fourth-order valence-electron chi connectivity index (χ4n) is 3.78. The van der Waals surface area contributed by atoms with Crippen molar-refractivity contribution in [2.75, 3.05) is 31.9 Å². The van der Waals surface area contributed by atoms with Gasteiger partial charge in [0.15, 0.2) is 0 Å². The fraction of sp³-hybridized carbons (Fsp3) is 0.409. The van der Waals surface area contributed by atoms with Crippen LogP contribution in [0.25, 0.3) is 10.2 Å². The molecule has 0 unspecified atom stereocenters. The molecule has 10 heteroatoms. The van der Waals surface area contributed by atoms with E-state index >= 15 is 0 Å². The molecular weight excluding hydrogens is 464 g/mol. The average molecular weight is 491 g/mol. The van der Waals surface area contributed by atoms with Crippen LogP contribution in [0.1, 0.15) is 21.6 Å². The molecule has 1 aliphatic heterocycles. The Bertz CT molecular complexity index is 1280. The van der Waals surface area contributed by atoms with E-state index in [-0.39, 0.29) is 11.7 Å². The summed E-state index contributed by atoms with van der Waals surface area (Å²) in [4.78, 5) is 25.8. The van der Waals surface area contributed by atoms with Crippen molar-refractivity contribution < 1.29 is 13.2 Å². The highest BCUT2D eigenvalue weighted by atomic mass is 32.2.